The van der Waals surface area contributed by atoms with Crippen LogP contribution in [0.25, 0.3) is 0 Å². The lowest BCUT2D eigenvalue weighted by Crippen LogP contribution is -2.22. The molecule has 0 fully saturated rings. The first-order valence-corrected chi connectivity index (χ1v) is 6.65. The molecule has 3 nitrogen and oxygen atoms in total. The standard InChI is InChI=1S/C16H20N2O/c1-3-13-4-6-14(7-5-13)16(17-2)12-18-10-8-15(19)9-11-18/h4-11,16-17H,3,12H2,1-2H3. The summed E-state index contributed by atoms with van der Waals surface area (Å²) in [7, 11) is 1.96. The van der Waals surface area contributed by atoms with Crippen molar-refractivity contribution >= 4 is 0 Å². The molecule has 1 aromatic carbocycles. The first-order valence-electron chi connectivity index (χ1n) is 6.65. The smallest absolute Gasteiger partial charge is 0.181 e. The third-order valence-electron chi connectivity index (χ3n) is 3.39. The average Bonchev–Trinajstić information content (AvgIpc) is 2.47. The van der Waals surface area contributed by atoms with E-state index in [4.69, 9.17) is 0 Å². The zero-order chi connectivity index (χ0) is 13.7. The number of aryl methyl sites for hydroxylation is 1. The van der Waals surface area contributed by atoms with Gasteiger partial charge in [0.1, 0.15) is 0 Å². The van der Waals surface area contributed by atoms with Crippen LogP contribution in [-0.4, -0.2) is 11.6 Å². The van der Waals surface area contributed by atoms with Gasteiger partial charge in [-0.2, -0.15) is 0 Å². The second kappa shape index (κ2) is 6.34. The molecule has 0 bridgehead atoms. The molecule has 0 amide bonds. The Kier molecular flexibility index (Phi) is 4.53. The van der Waals surface area contributed by atoms with Crippen LogP contribution in [-0.2, 0) is 13.0 Å². The van der Waals surface area contributed by atoms with Crippen LogP contribution in [0.15, 0.2) is 53.6 Å². The van der Waals surface area contributed by atoms with Crippen molar-refractivity contribution in [1.82, 2.24) is 9.88 Å². The lowest BCUT2D eigenvalue weighted by atomic mass is 10.0. The molecule has 0 saturated carbocycles. The van der Waals surface area contributed by atoms with E-state index in [-0.39, 0.29) is 11.5 Å². The highest BCUT2D eigenvalue weighted by atomic mass is 16.1. The molecule has 0 aliphatic heterocycles. The summed E-state index contributed by atoms with van der Waals surface area (Å²) in [6, 6.07) is 12.1. The van der Waals surface area contributed by atoms with Crippen molar-refractivity contribution in [2.75, 3.05) is 7.05 Å². The highest BCUT2D eigenvalue weighted by molar-refractivity contribution is 5.25. The van der Waals surface area contributed by atoms with Crippen molar-refractivity contribution in [3.05, 3.63) is 70.1 Å². The van der Waals surface area contributed by atoms with Crippen LogP contribution in [0.5, 0.6) is 0 Å². The number of rotatable bonds is 5. The topological polar surface area (TPSA) is 34.0 Å². The van der Waals surface area contributed by atoms with Crippen molar-refractivity contribution in [3.8, 4) is 0 Å². The van der Waals surface area contributed by atoms with Crippen molar-refractivity contribution in [1.29, 1.82) is 0 Å². The summed E-state index contributed by atoms with van der Waals surface area (Å²) in [6.45, 7) is 2.97. The van der Waals surface area contributed by atoms with Gasteiger partial charge in [0.15, 0.2) is 5.43 Å². The highest BCUT2D eigenvalue weighted by Crippen LogP contribution is 2.15. The maximum Gasteiger partial charge on any atom is 0.181 e. The Bertz CT molecular complexity index is 552. The molecule has 1 unspecified atom stereocenters. The van der Waals surface area contributed by atoms with Gasteiger partial charge >= 0.3 is 0 Å². The summed E-state index contributed by atoms with van der Waals surface area (Å²) < 4.78 is 2.02. The number of pyridine rings is 1. The number of hydrogen-bond donors (Lipinski definition) is 1. The summed E-state index contributed by atoms with van der Waals surface area (Å²) in [5, 5.41) is 3.32. The Morgan fingerprint density at radius 1 is 1.11 bits per heavy atom. The van der Waals surface area contributed by atoms with E-state index in [0.717, 1.165) is 13.0 Å². The van der Waals surface area contributed by atoms with Gasteiger partial charge in [-0.15, -0.1) is 0 Å². The molecule has 19 heavy (non-hydrogen) atoms. The van der Waals surface area contributed by atoms with Crippen LogP contribution in [0, 0.1) is 0 Å². The second-order valence-electron chi connectivity index (χ2n) is 4.67. The fourth-order valence-electron chi connectivity index (χ4n) is 2.13. The molecule has 0 saturated heterocycles. The molecule has 0 aliphatic rings. The van der Waals surface area contributed by atoms with Gasteiger partial charge in [-0.3, -0.25) is 4.79 Å². The first-order chi connectivity index (χ1) is 9.22. The van der Waals surface area contributed by atoms with Gasteiger partial charge in [0, 0.05) is 37.1 Å². The predicted molar refractivity (Wildman–Crippen MR) is 78.3 cm³/mol. The van der Waals surface area contributed by atoms with Gasteiger partial charge in [-0.05, 0) is 24.6 Å². The van der Waals surface area contributed by atoms with Crippen LogP contribution in [0.2, 0.25) is 0 Å². The zero-order valence-electron chi connectivity index (χ0n) is 11.5. The fraction of sp³-hybridized carbons (Fsp3) is 0.312. The van der Waals surface area contributed by atoms with Crippen LogP contribution >= 0.6 is 0 Å². The summed E-state index contributed by atoms with van der Waals surface area (Å²) in [5.74, 6) is 0. The average molecular weight is 256 g/mol. The van der Waals surface area contributed by atoms with Crippen molar-refractivity contribution in [3.63, 3.8) is 0 Å². The monoisotopic (exact) mass is 256 g/mol. The van der Waals surface area contributed by atoms with E-state index < -0.39 is 0 Å². The summed E-state index contributed by atoms with van der Waals surface area (Å²) >= 11 is 0. The Morgan fingerprint density at radius 3 is 2.26 bits per heavy atom. The fourth-order valence-corrected chi connectivity index (χ4v) is 2.13. The lowest BCUT2D eigenvalue weighted by Gasteiger charge is -2.18. The van der Waals surface area contributed by atoms with E-state index in [9.17, 15) is 4.79 Å². The SMILES string of the molecule is CCc1ccc(C(Cn2ccc(=O)cc2)NC)cc1. The molecule has 1 heterocycles. The number of hydrogen-bond acceptors (Lipinski definition) is 2. The van der Waals surface area contributed by atoms with E-state index in [1.165, 1.54) is 11.1 Å². The molecular weight excluding hydrogens is 236 g/mol. The van der Waals surface area contributed by atoms with Gasteiger partial charge in [-0.1, -0.05) is 31.2 Å². The lowest BCUT2D eigenvalue weighted by molar-refractivity contribution is 0.498. The molecule has 2 rings (SSSR count). The van der Waals surface area contributed by atoms with Crippen LogP contribution in [0.3, 0.4) is 0 Å². The molecule has 0 radical (unpaired) electrons. The molecule has 1 N–H and O–H groups in total. The van der Waals surface area contributed by atoms with E-state index in [1.54, 1.807) is 12.1 Å². The highest BCUT2D eigenvalue weighted by Gasteiger charge is 2.09. The zero-order valence-corrected chi connectivity index (χ0v) is 11.5. The van der Waals surface area contributed by atoms with Gasteiger partial charge < -0.3 is 9.88 Å². The Balaban J connectivity index is 2.14. The largest absolute Gasteiger partial charge is 0.352 e. The minimum atomic E-state index is 0.0459. The minimum Gasteiger partial charge on any atom is -0.352 e. The quantitative estimate of drug-likeness (QED) is 0.891. The third kappa shape index (κ3) is 3.55. The summed E-state index contributed by atoms with van der Waals surface area (Å²) in [4.78, 5) is 11.1. The summed E-state index contributed by atoms with van der Waals surface area (Å²) in [6.07, 6.45) is 4.71. The van der Waals surface area contributed by atoms with Gasteiger partial charge in [0.25, 0.3) is 0 Å². The molecule has 2 aromatic rings. The maximum absolute atomic E-state index is 11.1. The molecule has 0 aliphatic carbocycles. The second-order valence-corrected chi connectivity index (χ2v) is 4.67. The number of likely N-dealkylation sites (N-methyl/N-ethyl adjacent to an activating group) is 1. The minimum absolute atomic E-state index is 0.0459. The van der Waals surface area contributed by atoms with Crippen LogP contribution in [0.1, 0.15) is 24.1 Å². The molecule has 0 spiro atoms. The van der Waals surface area contributed by atoms with Gasteiger partial charge in [0.05, 0.1) is 0 Å². The van der Waals surface area contributed by atoms with E-state index in [2.05, 4.69) is 36.5 Å². The van der Waals surface area contributed by atoms with E-state index in [1.807, 2.05) is 24.0 Å². The Labute approximate surface area is 113 Å². The van der Waals surface area contributed by atoms with Crippen molar-refractivity contribution in [2.24, 2.45) is 0 Å². The van der Waals surface area contributed by atoms with Crippen molar-refractivity contribution < 1.29 is 0 Å². The molecular formula is C16H20N2O. The van der Waals surface area contributed by atoms with E-state index in [0.29, 0.717) is 0 Å². The van der Waals surface area contributed by atoms with Gasteiger partial charge in [0.2, 0.25) is 0 Å². The third-order valence-corrected chi connectivity index (χ3v) is 3.39. The molecule has 1 atom stereocenters. The first kappa shape index (κ1) is 13.6. The van der Waals surface area contributed by atoms with Crippen LogP contribution in [0.4, 0.5) is 0 Å². The van der Waals surface area contributed by atoms with Gasteiger partial charge in [-0.25, -0.2) is 0 Å². The molecule has 3 heteroatoms. The maximum atomic E-state index is 11.1. The van der Waals surface area contributed by atoms with Crippen molar-refractivity contribution in [2.45, 2.75) is 25.9 Å². The number of benzene rings is 1. The number of nitrogens with zero attached hydrogens (tertiary/aromatic N) is 1. The number of aromatic nitrogens is 1. The molecule has 100 valence electrons. The number of nitrogens with one attached hydrogen (secondary N) is 1. The van der Waals surface area contributed by atoms with Crippen LogP contribution < -0.4 is 10.7 Å². The predicted octanol–water partition coefficient (Wildman–Crippen LogP) is 2.37. The summed E-state index contributed by atoms with van der Waals surface area (Å²) in [5.41, 5.74) is 2.66. The molecule has 1 aromatic heterocycles. The Morgan fingerprint density at radius 2 is 1.74 bits per heavy atom. The van der Waals surface area contributed by atoms with E-state index >= 15 is 0 Å². The Hall–Kier alpha value is -1.87. The normalized spacial score (nSPS) is 12.3.